The molecule has 0 unspecified atom stereocenters. The second-order valence-corrected chi connectivity index (χ2v) is 19.8. The summed E-state index contributed by atoms with van der Waals surface area (Å²) in [5.41, 5.74) is 9.87. The number of unbranched alkanes of at least 4 members (excludes halogenated alkanes) is 2. The minimum atomic E-state index is -0.914. The number of fused-ring (bicyclic) bond motifs is 4. The SMILES string of the molecule is C#C.C=C(C)CNC(=O)OC.C=Cc1c2c(c(O)c3c(NCCCC[C@H](C)CCCC)c(C)ccc13)OCc1cc(/C(=C/C)N=C(CCC)CN(CC(C)C)C(=O)[C@H](NC(=O)OC)c3ccccc3)ccc1-2.CC.CC.CCC.COC. The van der Waals surface area contributed by atoms with E-state index in [1.165, 1.54) is 52.7 Å². The van der Waals surface area contributed by atoms with Gasteiger partial charge < -0.3 is 44.9 Å². The zero-order valence-electron chi connectivity index (χ0n) is 53.8. The topological polar surface area (TPSA) is 160 Å². The molecule has 4 N–H and O–H groups in total. The quantitative estimate of drug-likeness (QED) is 0.0245. The number of aromatic hydroxyl groups is 1. The molecule has 0 aromatic heterocycles. The van der Waals surface area contributed by atoms with Crippen molar-refractivity contribution in [2.24, 2.45) is 16.8 Å². The monoisotopic (exact) mass is 1130 g/mol. The van der Waals surface area contributed by atoms with Gasteiger partial charge in [0.25, 0.3) is 0 Å². The number of benzene rings is 4. The number of phenols is 1. The molecule has 1 aliphatic rings. The second-order valence-electron chi connectivity index (χ2n) is 19.8. The number of aryl methyl sites for hydroxylation is 1. The van der Waals surface area contributed by atoms with E-state index in [2.05, 4.69) is 137 Å². The van der Waals surface area contributed by atoms with E-state index in [4.69, 9.17) is 14.5 Å². The Labute approximate surface area is 496 Å². The number of ether oxygens (including phenoxy) is 4. The van der Waals surface area contributed by atoms with Crippen LogP contribution in [0, 0.1) is 31.6 Å². The van der Waals surface area contributed by atoms with Crippen molar-refractivity contribution in [2.45, 2.75) is 167 Å². The average molecular weight is 1130 g/mol. The number of rotatable bonds is 23. The van der Waals surface area contributed by atoms with Crippen LogP contribution < -0.4 is 20.7 Å². The Morgan fingerprint density at radius 1 is 0.878 bits per heavy atom. The first-order valence-corrected chi connectivity index (χ1v) is 29.5. The zero-order valence-corrected chi connectivity index (χ0v) is 53.8. The third kappa shape index (κ3) is 26.3. The average Bonchev–Trinajstić information content (AvgIpc) is 2.56. The van der Waals surface area contributed by atoms with Gasteiger partial charge in [0.15, 0.2) is 11.5 Å². The van der Waals surface area contributed by atoms with Gasteiger partial charge >= 0.3 is 12.2 Å². The largest absolute Gasteiger partial charge is 0.504 e. The van der Waals surface area contributed by atoms with Gasteiger partial charge in [-0.1, -0.05) is 207 Å². The molecular weight excluding hydrogens is 1030 g/mol. The van der Waals surface area contributed by atoms with Crippen LogP contribution in [0.4, 0.5) is 15.3 Å². The van der Waals surface area contributed by atoms with Crippen LogP contribution in [0.3, 0.4) is 0 Å². The fraction of sp³-hybridized carbons (Fsp3) is 0.507. The van der Waals surface area contributed by atoms with Crippen molar-refractivity contribution in [2.75, 3.05) is 59.9 Å². The standard InChI is InChI=1S/C52H68N4O5.C6H11NO2.C3H8.C2H6O.2C2H6.C2H2/c1-10-14-21-35(7)22-18-19-29-53-47-36(8)25-27-43-41(12-3)45-42-28-26-38(30-39(42)33-61-50(45)49(57)46(43)47)44(13-4)54-40(20-11-2)32-56(31-34(5)6)51(58)48(55-52(59)60-9)37-23-16-15-17-24-37;1-5(2)4-7-6(8)9-3;2*1-3-2;3*1-2/h12-13,15-17,23-28,30,34-35,48,53,57H,3,10-11,14,18-22,29,31-33H2,1-2,4-9H3,(H,55,59);1,4H2,2-3H3,(H,7,8);3H2,1-2H3;1-2H3;2*1-2H3;1-2H/b44-13-,54-40?;;;;;;/t35-,48-;;;;;;/m1....../s1. The molecule has 5 rings (SSSR count). The summed E-state index contributed by atoms with van der Waals surface area (Å²) < 4.78 is 19.9. The number of nitrogens with one attached hydrogen (secondary N) is 3. The smallest absolute Gasteiger partial charge is 0.407 e. The number of nitrogens with zero attached hydrogens (tertiary/aromatic N) is 2. The molecule has 0 radical (unpaired) electrons. The highest BCUT2D eigenvalue weighted by molar-refractivity contribution is 6.10. The van der Waals surface area contributed by atoms with Crippen molar-refractivity contribution in [3.05, 3.63) is 113 Å². The van der Waals surface area contributed by atoms with Gasteiger partial charge in [-0.05, 0) is 84.7 Å². The van der Waals surface area contributed by atoms with Gasteiger partial charge in [0.05, 0.1) is 31.8 Å². The number of methoxy groups -OCH3 is 3. The van der Waals surface area contributed by atoms with Crippen LogP contribution in [0.1, 0.15) is 182 Å². The van der Waals surface area contributed by atoms with Gasteiger partial charge in [-0.25, -0.2) is 9.59 Å². The first kappa shape index (κ1) is 77.0. The third-order valence-electron chi connectivity index (χ3n) is 12.3. The van der Waals surface area contributed by atoms with Crippen LogP contribution in [0.2, 0.25) is 0 Å². The summed E-state index contributed by atoms with van der Waals surface area (Å²) in [6, 6.07) is 18.8. The maximum atomic E-state index is 14.3. The predicted octanol–water partition coefficient (Wildman–Crippen LogP) is 17.5. The minimum Gasteiger partial charge on any atom is -0.504 e. The van der Waals surface area contributed by atoms with Crippen molar-refractivity contribution in [1.29, 1.82) is 0 Å². The number of aliphatic imine (C=N–C) groups is 1. The minimum absolute atomic E-state index is 0.143. The summed E-state index contributed by atoms with van der Waals surface area (Å²) in [5, 5.41) is 22.6. The first-order chi connectivity index (χ1) is 39.4. The molecule has 2 atom stereocenters. The Bertz CT molecular complexity index is 2570. The Hall–Kier alpha value is -7.04. The van der Waals surface area contributed by atoms with Gasteiger partial charge in [0.1, 0.15) is 12.6 Å². The lowest BCUT2D eigenvalue weighted by Gasteiger charge is -2.30. The number of phenolic OH excluding ortho intramolecular Hbond substituents is 1. The molecule has 1 heterocycles. The molecule has 0 bridgehead atoms. The number of hydrogen-bond donors (Lipinski definition) is 4. The summed E-state index contributed by atoms with van der Waals surface area (Å²) in [5.74, 6) is 1.31. The van der Waals surface area contributed by atoms with E-state index in [0.717, 1.165) is 92.1 Å². The third-order valence-corrected chi connectivity index (χ3v) is 12.3. The van der Waals surface area contributed by atoms with Crippen LogP contribution in [-0.2, 0) is 25.6 Å². The van der Waals surface area contributed by atoms with Crippen LogP contribution in [0.5, 0.6) is 11.5 Å². The summed E-state index contributed by atoms with van der Waals surface area (Å²) in [4.78, 5) is 44.1. The summed E-state index contributed by atoms with van der Waals surface area (Å²) in [6.07, 6.45) is 20.9. The van der Waals surface area contributed by atoms with Crippen molar-refractivity contribution < 1.29 is 38.4 Å². The number of allylic oxidation sites excluding steroid dienone is 1. The van der Waals surface area contributed by atoms with Crippen LogP contribution in [0.25, 0.3) is 33.7 Å². The van der Waals surface area contributed by atoms with Gasteiger partial charge in [0, 0.05) is 56.4 Å². The number of alkyl carbamates (subject to hydrolysis) is 2. The number of hydrogen-bond acceptors (Lipinski definition) is 10. The Morgan fingerprint density at radius 3 is 2.02 bits per heavy atom. The number of carbonyl (C=O) groups is 3. The van der Waals surface area contributed by atoms with Crippen molar-refractivity contribution in [3.63, 3.8) is 0 Å². The summed E-state index contributed by atoms with van der Waals surface area (Å²) in [7, 11) is 5.87. The van der Waals surface area contributed by atoms with E-state index in [9.17, 15) is 19.5 Å². The lowest BCUT2D eigenvalue weighted by atomic mass is 9.86. The number of terminal acetylenes is 1. The molecule has 0 saturated carbocycles. The van der Waals surface area contributed by atoms with Gasteiger partial charge in [0.2, 0.25) is 5.91 Å². The van der Waals surface area contributed by atoms with Crippen LogP contribution in [0.15, 0.2) is 90.5 Å². The van der Waals surface area contributed by atoms with Gasteiger partial charge in [-0.3, -0.25) is 9.79 Å². The fourth-order valence-electron chi connectivity index (χ4n) is 8.71. The van der Waals surface area contributed by atoms with Crippen molar-refractivity contribution in [1.82, 2.24) is 15.5 Å². The lowest BCUT2D eigenvalue weighted by Crippen LogP contribution is -2.46. The summed E-state index contributed by atoms with van der Waals surface area (Å²) in [6.45, 7) is 39.2. The molecule has 13 nitrogen and oxygen atoms in total. The first-order valence-electron chi connectivity index (χ1n) is 29.5. The molecule has 4 aromatic carbocycles. The molecule has 456 valence electrons. The molecule has 0 aliphatic carbocycles. The number of amides is 3. The van der Waals surface area contributed by atoms with Gasteiger partial charge in [-0.15, -0.1) is 12.8 Å². The molecule has 13 heteroatoms. The Morgan fingerprint density at radius 2 is 1.49 bits per heavy atom. The number of carbonyl (C=O) groups excluding carboxylic acids is 3. The molecule has 0 saturated heterocycles. The Balaban J connectivity index is 0. The molecule has 0 spiro atoms. The fourth-order valence-corrected chi connectivity index (χ4v) is 8.71. The lowest BCUT2D eigenvalue weighted by molar-refractivity contribution is -0.133. The molecule has 0 fully saturated rings. The normalized spacial score (nSPS) is 11.6. The molecule has 1 aliphatic heterocycles. The molecule has 82 heavy (non-hydrogen) atoms. The van der Waals surface area contributed by atoms with E-state index in [1.54, 1.807) is 19.1 Å². The summed E-state index contributed by atoms with van der Waals surface area (Å²) >= 11 is 0. The van der Waals surface area contributed by atoms with E-state index < -0.39 is 18.2 Å². The highest BCUT2D eigenvalue weighted by Gasteiger charge is 2.31. The number of anilines is 1. The highest BCUT2D eigenvalue weighted by Crippen LogP contribution is 2.52. The van der Waals surface area contributed by atoms with Crippen LogP contribution >= 0.6 is 0 Å². The highest BCUT2D eigenvalue weighted by atomic mass is 16.5. The molecule has 4 aromatic rings. The van der Waals surface area contributed by atoms with Crippen molar-refractivity contribution in [3.8, 4) is 35.5 Å². The van der Waals surface area contributed by atoms with E-state index in [1.807, 2.05) is 84.0 Å². The van der Waals surface area contributed by atoms with Crippen LogP contribution in [-0.4, -0.2) is 88.4 Å². The second kappa shape index (κ2) is 45.6. The zero-order chi connectivity index (χ0) is 62.7. The van der Waals surface area contributed by atoms with E-state index in [0.29, 0.717) is 37.4 Å². The maximum absolute atomic E-state index is 14.3. The molecule has 3 amide bonds. The Kier molecular flexibility index (Phi) is 42.8. The maximum Gasteiger partial charge on any atom is 0.407 e. The van der Waals surface area contributed by atoms with E-state index >= 15 is 0 Å². The van der Waals surface area contributed by atoms with Gasteiger partial charge in [-0.2, -0.15) is 0 Å². The predicted molar refractivity (Wildman–Crippen MR) is 350 cm³/mol. The van der Waals surface area contributed by atoms with E-state index in [-0.39, 0.29) is 24.2 Å². The molecular formula is C69H107N5O8. The van der Waals surface area contributed by atoms with Crippen molar-refractivity contribution >= 4 is 52.0 Å².